The number of nitrogens with one attached hydrogen (secondary N) is 2. The lowest BCUT2D eigenvalue weighted by molar-refractivity contribution is 0.454. The third-order valence-electron chi connectivity index (χ3n) is 4.41. The molecule has 2 aromatic rings. The van der Waals surface area contributed by atoms with Gasteiger partial charge in [0, 0.05) is 36.2 Å². The van der Waals surface area contributed by atoms with Crippen LogP contribution in [-0.2, 0) is 4.57 Å². The van der Waals surface area contributed by atoms with E-state index in [0.29, 0.717) is 24.8 Å². The van der Waals surface area contributed by atoms with Crippen LogP contribution in [0.2, 0.25) is 0 Å². The van der Waals surface area contributed by atoms with Crippen molar-refractivity contribution in [3.63, 3.8) is 0 Å². The van der Waals surface area contributed by atoms with Crippen LogP contribution in [0.25, 0.3) is 0 Å². The molecule has 0 aliphatic heterocycles. The van der Waals surface area contributed by atoms with Gasteiger partial charge in [-0.1, -0.05) is 24.3 Å². The molecule has 27 heavy (non-hydrogen) atoms. The number of anilines is 2. The summed E-state index contributed by atoms with van der Waals surface area (Å²) < 4.78 is 16.0. The summed E-state index contributed by atoms with van der Waals surface area (Å²) in [7, 11) is -3.24. The van der Waals surface area contributed by atoms with Gasteiger partial charge in [0.2, 0.25) is 0 Å². The maximum Gasteiger partial charge on any atom is 0.330 e. The fourth-order valence-corrected chi connectivity index (χ4v) is 5.68. The number of hydrogen-bond donors (Lipinski definition) is 2. The molecule has 0 radical (unpaired) electrons. The molecule has 0 saturated heterocycles. The van der Waals surface area contributed by atoms with Gasteiger partial charge in [-0.15, -0.1) is 23.2 Å². The first kappa shape index (κ1) is 22.1. The van der Waals surface area contributed by atoms with Crippen molar-refractivity contribution >= 4 is 42.2 Å². The highest BCUT2D eigenvalue weighted by Crippen LogP contribution is 2.50. The van der Waals surface area contributed by atoms with Crippen molar-refractivity contribution in [1.29, 1.82) is 0 Å². The standard InChI is InChI=1S/C20H28Cl2N3OP/c1-15-5-7-17(3)19(13-15)23-27(26,25(11-9-21)12-10-22)24-20-14-16(2)6-8-18(20)4/h5-8,13-14H,9-12H2,1-4H3,(H2,23,24,26). The molecule has 0 heterocycles. The number of alkyl halides is 2. The number of hydrogen-bond acceptors (Lipinski definition) is 1. The summed E-state index contributed by atoms with van der Waals surface area (Å²) in [5.41, 5.74) is 5.93. The Balaban J connectivity index is 2.48. The van der Waals surface area contributed by atoms with Crippen molar-refractivity contribution in [1.82, 2.24) is 4.67 Å². The SMILES string of the molecule is Cc1ccc(C)c(NP(=O)(Nc2cc(C)ccc2C)N(CCCl)CCCl)c1. The summed E-state index contributed by atoms with van der Waals surface area (Å²) >= 11 is 12.0. The van der Waals surface area contributed by atoms with Gasteiger partial charge in [0.15, 0.2) is 0 Å². The molecule has 4 nitrogen and oxygen atoms in total. The second-order valence-electron chi connectivity index (χ2n) is 6.77. The summed E-state index contributed by atoms with van der Waals surface area (Å²) in [5, 5.41) is 6.56. The van der Waals surface area contributed by atoms with Crippen molar-refractivity contribution in [2.45, 2.75) is 27.7 Å². The molecule has 0 amide bonds. The molecule has 7 heteroatoms. The Labute approximate surface area is 172 Å². The minimum Gasteiger partial charge on any atom is -0.308 e. The normalized spacial score (nSPS) is 11.7. The van der Waals surface area contributed by atoms with E-state index in [1.54, 1.807) is 0 Å². The zero-order valence-electron chi connectivity index (χ0n) is 16.4. The first-order chi connectivity index (χ1) is 12.8. The predicted octanol–water partition coefficient (Wildman–Crippen LogP) is 6.33. The van der Waals surface area contributed by atoms with Crippen LogP contribution in [0, 0.1) is 27.7 Å². The highest BCUT2D eigenvalue weighted by Gasteiger charge is 2.31. The highest BCUT2D eigenvalue weighted by molar-refractivity contribution is 7.64. The van der Waals surface area contributed by atoms with Crippen LogP contribution in [0.5, 0.6) is 0 Å². The quantitative estimate of drug-likeness (QED) is 0.362. The molecule has 148 valence electrons. The van der Waals surface area contributed by atoms with E-state index in [9.17, 15) is 4.57 Å². The minimum absolute atomic E-state index is 0.365. The molecule has 0 aromatic heterocycles. The molecule has 0 fully saturated rings. The number of nitrogens with zero attached hydrogens (tertiary/aromatic N) is 1. The molecular formula is C20H28Cl2N3OP. The van der Waals surface area contributed by atoms with Crippen molar-refractivity contribution in [2.75, 3.05) is 35.0 Å². The van der Waals surface area contributed by atoms with Crippen molar-refractivity contribution in [3.8, 4) is 0 Å². The maximum atomic E-state index is 14.1. The van der Waals surface area contributed by atoms with Crippen LogP contribution in [0.3, 0.4) is 0 Å². The molecule has 2 aromatic carbocycles. The van der Waals surface area contributed by atoms with E-state index in [4.69, 9.17) is 23.2 Å². The number of aryl methyl sites for hydroxylation is 4. The molecule has 0 atom stereocenters. The van der Waals surface area contributed by atoms with Gasteiger partial charge in [-0.2, -0.15) is 0 Å². The lowest BCUT2D eigenvalue weighted by atomic mass is 10.1. The van der Waals surface area contributed by atoms with E-state index < -0.39 is 7.59 Å². The largest absolute Gasteiger partial charge is 0.330 e. The zero-order valence-corrected chi connectivity index (χ0v) is 18.8. The average Bonchev–Trinajstić information content (AvgIpc) is 2.61. The molecule has 0 aliphatic carbocycles. The predicted molar refractivity (Wildman–Crippen MR) is 120 cm³/mol. The lowest BCUT2D eigenvalue weighted by Gasteiger charge is -2.33. The second-order valence-corrected chi connectivity index (χ2v) is 9.69. The first-order valence-electron chi connectivity index (χ1n) is 8.97. The highest BCUT2D eigenvalue weighted by atomic mass is 35.5. The van der Waals surface area contributed by atoms with Gasteiger partial charge >= 0.3 is 7.59 Å². The fourth-order valence-electron chi connectivity index (χ4n) is 2.80. The van der Waals surface area contributed by atoms with Crippen LogP contribution in [-0.4, -0.2) is 29.5 Å². The van der Waals surface area contributed by atoms with E-state index in [-0.39, 0.29) is 0 Å². The summed E-state index contributed by atoms with van der Waals surface area (Å²) in [5.74, 6) is 0.730. The van der Waals surface area contributed by atoms with Gasteiger partial charge in [0.1, 0.15) is 0 Å². The Morgan fingerprint density at radius 3 is 1.59 bits per heavy atom. The summed E-state index contributed by atoms with van der Waals surface area (Å²) in [6.07, 6.45) is 0. The molecule has 0 aliphatic rings. The van der Waals surface area contributed by atoms with E-state index in [0.717, 1.165) is 33.6 Å². The minimum atomic E-state index is -3.24. The third kappa shape index (κ3) is 5.89. The Hall–Kier alpha value is -1.19. The van der Waals surface area contributed by atoms with E-state index in [1.165, 1.54) is 0 Å². The Kier molecular flexibility index (Phi) is 8.05. The van der Waals surface area contributed by atoms with E-state index in [1.807, 2.05) is 68.8 Å². The number of rotatable bonds is 9. The molecule has 0 unspecified atom stereocenters. The molecule has 0 saturated carbocycles. The molecule has 2 N–H and O–H groups in total. The third-order valence-corrected chi connectivity index (χ3v) is 7.04. The van der Waals surface area contributed by atoms with Gasteiger partial charge in [-0.05, 0) is 62.1 Å². The van der Waals surface area contributed by atoms with Crippen LogP contribution in [0.1, 0.15) is 22.3 Å². The second kappa shape index (κ2) is 9.84. The summed E-state index contributed by atoms with van der Waals surface area (Å²) in [6, 6.07) is 12.1. The number of benzene rings is 2. The Bertz CT molecular complexity index is 765. The molecule has 2 rings (SSSR count). The van der Waals surface area contributed by atoms with Gasteiger partial charge in [-0.3, -0.25) is 4.57 Å². The zero-order chi connectivity index (χ0) is 20.0. The monoisotopic (exact) mass is 427 g/mol. The summed E-state index contributed by atoms with van der Waals surface area (Å²) in [4.78, 5) is 0. The van der Waals surface area contributed by atoms with Crippen LogP contribution in [0.4, 0.5) is 11.4 Å². The topological polar surface area (TPSA) is 44.4 Å². The lowest BCUT2D eigenvalue weighted by Crippen LogP contribution is -2.31. The van der Waals surface area contributed by atoms with E-state index in [2.05, 4.69) is 10.2 Å². The van der Waals surface area contributed by atoms with Crippen LogP contribution in [0.15, 0.2) is 36.4 Å². The van der Waals surface area contributed by atoms with Crippen LogP contribution < -0.4 is 10.2 Å². The Morgan fingerprint density at radius 2 is 1.22 bits per heavy atom. The van der Waals surface area contributed by atoms with Gasteiger partial charge in [0.25, 0.3) is 0 Å². The molecular weight excluding hydrogens is 400 g/mol. The first-order valence-corrected chi connectivity index (χ1v) is 11.7. The molecule has 0 spiro atoms. The smallest absolute Gasteiger partial charge is 0.308 e. The molecule has 0 bridgehead atoms. The maximum absolute atomic E-state index is 14.1. The van der Waals surface area contributed by atoms with Gasteiger partial charge in [0.05, 0.1) is 0 Å². The van der Waals surface area contributed by atoms with E-state index >= 15 is 0 Å². The fraction of sp³-hybridized carbons (Fsp3) is 0.400. The van der Waals surface area contributed by atoms with Crippen molar-refractivity contribution < 1.29 is 4.57 Å². The van der Waals surface area contributed by atoms with Gasteiger partial charge in [-0.25, -0.2) is 4.67 Å². The summed E-state index contributed by atoms with van der Waals surface area (Å²) in [6.45, 7) is 8.95. The Morgan fingerprint density at radius 1 is 0.815 bits per heavy atom. The van der Waals surface area contributed by atoms with Crippen LogP contribution >= 0.6 is 30.8 Å². The van der Waals surface area contributed by atoms with Crippen molar-refractivity contribution in [2.24, 2.45) is 0 Å². The number of halogens is 2. The van der Waals surface area contributed by atoms with Gasteiger partial charge < -0.3 is 10.2 Å². The van der Waals surface area contributed by atoms with Crippen molar-refractivity contribution in [3.05, 3.63) is 58.7 Å². The average molecular weight is 428 g/mol.